The summed E-state index contributed by atoms with van der Waals surface area (Å²) in [4.78, 5) is 6.60. The van der Waals surface area contributed by atoms with Crippen LogP contribution in [0.1, 0.15) is 0 Å². The zero-order valence-corrected chi connectivity index (χ0v) is 14.7. The molecule has 4 rings (SSSR count). The average Bonchev–Trinajstić information content (AvgIpc) is 2.96. The second kappa shape index (κ2) is 6.32. The van der Waals surface area contributed by atoms with Crippen LogP contribution in [-0.4, -0.2) is 46.5 Å². The van der Waals surface area contributed by atoms with E-state index in [4.69, 9.17) is 0 Å². The Morgan fingerprint density at radius 1 is 1.14 bits per heavy atom. The minimum atomic E-state index is 0. The number of benzene rings is 2. The number of nitrogens with zero attached hydrogens (tertiary/aromatic N) is 3. The molecule has 0 radical (unpaired) electrons. The Hall–Kier alpha value is -1.49. The minimum absolute atomic E-state index is 0. The van der Waals surface area contributed by atoms with E-state index in [1.54, 1.807) is 0 Å². The molecule has 0 amide bonds. The predicted octanol–water partition coefficient (Wildman–Crippen LogP) is 0.130. The van der Waals surface area contributed by atoms with E-state index in [9.17, 15) is 0 Å². The summed E-state index contributed by atoms with van der Waals surface area (Å²) in [6.45, 7) is 0. The Balaban J connectivity index is 0.000000882. The van der Waals surface area contributed by atoms with Crippen LogP contribution < -0.4 is 17.3 Å². The van der Waals surface area contributed by atoms with Crippen LogP contribution in [0.4, 0.5) is 5.69 Å². The summed E-state index contributed by atoms with van der Waals surface area (Å²) in [6.07, 6.45) is 3.85. The fraction of sp³-hybridized carbons (Fsp3) is 0.118. The third-order valence-corrected chi connectivity index (χ3v) is 3.77. The summed E-state index contributed by atoms with van der Waals surface area (Å²) in [5, 5.41) is 3.50. The molecule has 0 atom stereocenters. The fourth-order valence-electron chi connectivity index (χ4n) is 2.76. The number of aromatic nitrogens is 2. The van der Waals surface area contributed by atoms with Crippen molar-refractivity contribution in [3.05, 3.63) is 54.9 Å². The number of rotatable bonds is 1. The first-order valence-corrected chi connectivity index (χ1v) is 6.62. The Morgan fingerprint density at radius 2 is 1.95 bits per heavy atom. The molecule has 2 aromatic carbocycles. The van der Waals surface area contributed by atoms with Gasteiger partial charge in [0.25, 0.3) is 0 Å². The van der Waals surface area contributed by atoms with Gasteiger partial charge in [-0.2, -0.15) is 0 Å². The van der Waals surface area contributed by atoms with E-state index in [-0.39, 0.29) is 35.5 Å². The quantitative estimate of drug-likeness (QED) is 0.282. The Labute approximate surface area is 151 Å². The van der Waals surface area contributed by atoms with Crippen LogP contribution in [0.5, 0.6) is 0 Å². The molecule has 4 aromatic rings. The van der Waals surface area contributed by atoms with Crippen molar-refractivity contribution in [2.45, 2.75) is 0 Å². The van der Waals surface area contributed by atoms with Crippen LogP contribution >= 0.6 is 0 Å². The van der Waals surface area contributed by atoms with Gasteiger partial charge in [0.05, 0.1) is 5.65 Å². The average molecular weight is 320 g/mol. The smallest absolute Gasteiger partial charge is 1.00 e. The van der Waals surface area contributed by atoms with Crippen molar-refractivity contribution in [1.82, 2.24) is 9.38 Å². The molecule has 0 aliphatic carbocycles. The zero-order valence-electron chi connectivity index (χ0n) is 12.5. The number of hydrogen-bond acceptors (Lipinski definition) is 2. The molecule has 0 saturated heterocycles. The molecular formula is C17H14ClMgN3. The molecule has 0 aliphatic heterocycles. The Kier molecular flexibility index (Phi) is 4.85. The molecule has 22 heavy (non-hydrogen) atoms. The summed E-state index contributed by atoms with van der Waals surface area (Å²) >= 11 is 0. The van der Waals surface area contributed by atoms with Crippen LogP contribution in [0.25, 0.3) is 27.3 Å². The van der Waals surface area contributed by atoms with Gasteiger partial charge in [-0.1, -0.05) is 5.39 Å². The first-order valence-electron chi connectivity index (χ1n) is 6.62. The maximum absolute atomic E-state index is 4.48. The van der Waals surface area contributed by atoms with Crippen LogP contribution in [0.15, 0.2) is 48.8 Å². The molecule has 0 N–H and O–H groups in total. The van der Waals surface area contributed by atoms with Gasteiger partial charge in [-0.3, -0.25) is 4.98 Å². The maximum Gasteiger partial charge on any atom is 2.00 e. The van der Waals surface area contributed by atoms with Crippen molar-refractivity contribution in [2.24, 2.45) is 0 Å². The van der Waals surface area contributed by atoms with Crippen LogP contribution in [0, 0.1) is 6.07 Å². The standard InChI is InChI=1S/C17H14N3.ClH.Mg/c1-19(2)12-7-8-16-15(11-12)13-5-3-4-6-14(13)17-18-9-10-20(16)17;;/h3-5,7-11H,1-2H3;1H;/q-1;;+2/p-1. The molecule has 0 fully saturated rings. The molecule has 2 aromatic heterocycles. The van der Waals surface area contributed by atoms with E-state index in [0.717, 1.165) is 11.0 Å². The van der Waals surface area contributed by atoms with Gasteiger partial charge in [0.15, 0.2) is 0 Å². The maximum atomic E-state index is 4.48. The molecule has 2 heterocycles. The first kappa shape index (κ1) is 16.9. The van der Waals surface area contributed by atoms with Crippen molar-refractivity contribution in [2.75, 3.05) is 19.0 Å². The number of fused-ring (bicyclic) bond motifs is 6. The van der Waals surface area contributed by atoms with Gasteiger partial charge in [-0.05, 0) is 23.6 Å². The van der Waals surface area contributed by atoms with Gasteiger partial charge >= 0.3 is 23.1 Å². The molecular weight excluding hydrogens is 306 g/mol. The van der Waals surface area contributed by atoms with E-state index in [0.29, 0.717) is 0 Å². The molecule has 0 saturated carbocycles. The SMILES string of the molecule is CN(C)c1ccc2c(c1)c1ccc[c-]c1c1nccn21.[Cl-].[Mg+2]. The summed E-state index contributed by atoms with van der Waals surface area (Å²) in [5.41, 5.74) is 3.34. The third-order valence-electron chi connectivity index (χ3n) is 3.77. The second-order valence-corrected chi connectivity index (χ2v) is 5.18. The molecule has 0 aliphatic rings. The van der Waals surface area contributed by atoms with Crippen molar-refractivity contribution in [3.63, 3.8) is 0 Å². The molecule has 5 heteroatoms. The Bertz CT molecular complexity index is 947. The summed E-state index contributed by atoms with van der Waals surface area (Å²) in [5.74, 6) is 0. The van der Waals surface area contributed by atoms with E-state index in [2.05, 4.69) is 58.7 Å². The van der Waals surface area contributed by atoms with Crippen molar-refractivity contribution in [3.8, 4) is 0 Å². The zero-order chi connectivity index (χ0) is 13.7. The minimum Gasteiger partial charge on any atom is -1.00 e. The number of anilines is 1. The first-order chi connectivity index (χ1) is 9.75. The van der Waals surface area contributed by atoms with Crippen LogP contribution in [-0.2, 0) is 0 Å². The molecule has 0 bridgehead atoms. The molecule has 0 unspecified atom stereocenters. The number of pyridine rings is 1. The fourth-order valence-corrected chi connectivity index (χ4v) is 2.76. The van der Waals surface area contributed by atoms with Crippen LogP contribution in [0.3, 0.4) is 0 Å². The second-order valence-electron chi connectivity index (χ2n) is 5.18. The van der Waals surface area contributed by atoms with Gasteiger partial charge in [-0.15, -0.1) is 29.7 Å². The molecule has 0 spiro atoms. The van der Waals surface area contributed by atoms with Crippen molar-refractivity contribution < 1.29 is 12.4 Å². The topological polar surface area (TPSA) is 20.5 Å². The molecule has 106 valence electrons. The van der Waals surface area contributed by atoms with Gasteiger partial charge in [0, 0.05) is 37.7 Å². The van der Waals surface area contributed by atoms with Gasteiger partial charge in [-0.25, -0.2) is 0 Å². The largest absolute Gasteiger partial charge is 2.00 e. The summed E-state index contributed by atoms with van der Waals surface area (Å²) in [7, 11) is 4.12. The van der Waals surface area contributed by atoms with E-state index in [1.165, 1.54) is 22.0 Å². The van der Waals surface area contributed by atoms with Crippen molar-refractivity contribution >= 4 is 56.1 Å². The number of imidazole rings is 1. The number of halogens is 1. The summed E-state index contributed by atoms with van der Waals surface area (Å²) in [6, 6.07) is 16.0. The van der Waals surface area contributed by atoms with Gasteiger partial charge in [0.1, 0.15) is 0 Å². The van der Waals surface area contributed by atoms with E-state index < -0.39 is 0 Å². The predicted molar refractivity (Wildman–Crippen MR) is 89.1 cm³/mol. The van der Waals surface area contributed by atoms with Gasteiger partial charge in [0.2, 0.25) is 0 Å². The van der Waals surface area contributed by atoms with Crippen LogP contribution in [0.2, 0.25) is 0 Å². The monoisotopic (exact) mass is 319 g/mol. The van der Waals surface area contributed by atoms with E-state index in [1.807, 2.05) is 24.5 Å². The Morgan fingerprint density at radius 3 is 2.73 bits per heavy atom. The summed E-state index contributed by atoms with van der Waals surface area (Å²) < 4.78 is 2.13. The van der Waals surface area contributed by atoms with E-state index >= 15 is 0 Å². The van der Waals surface area contributed by atoms with Crippen molar-refractivity contribution in [1.29, 1.82) is 0 Å². The van der Waals surface area contributed by atoms with Gasteiger partial charge < -0.3 is 21.7 Å². The molecule has 3 nitrogen and oxygen atoms in total. The number of hydrogen-bond donors (Lipinski definition) is 0. The third kappa shape index (κ3) is 2.41. The normalized spacial score (nSPS) is 10.5.